The average molecular weight is 551 g/mol. The summed E-state index contributed by atoms with van der Waals surface area (Å²) in [6.45, 7) is 4.39. The van der Waals surface area contributed by atoms with Gasteiger partial charge in [-0.15, -0.1) is 0 Å². The monoisotopic (exact) mass is 550 g/mol. The molecule has 1 aromatic rings. The number of carbonyl (C=O) groups excluding carboxylic acids is 3. The molecule has 1 aromatic carbocycles. The van der Waals surface area contributed by atoms with E-state index in [0.29, 0.717) is 30.6 Å². The number of likely N-dealkylation sites (tertiary alicyclic amines) is 2. The molecule has 3 saturated heterocycles. The maximum Gasteiger partial charge on any atom is 0.246 e. The molecule has 9 nitrogen and oxygen atoms in total. The van der Waals surface area contributed by atoms with Gasteiger partial charge in [0.15, 0.2) is 0 Å². The molecule has 6 atom stereocenters. The van der Waals surface area contributed by atoms with Crippen LogP contribution in [0.2, 0.25) is 0 Å². The Bertz CT molecular complexity index is 1150. The van der Waals surface area contributed by atoms with E-state index in [2.05, 4.69) is 22.5 Å². The summed E-state index contributed by atoms with van der Waals surface area (Å²) in [5, 5.41) is 6.25. The molecule has 9 heteroatoms. The lowest BCUT2D eigenvalue weighted by atomic mass is 9.74. The third kappa shape index (κ3) is 4.81. The molecule has 1 aliphatic carbocycles. The highest BCUT2D eigenvalue weighted by Gasteiger charge is 2.72. The fourth-order valence-corrected chi connectivity index (χ4v) is 7.66. The van der Waals surface area contributed by atoms with Crippen molar-refractivity contribution in [3.63, 3.8) is 0 Å². The van der Waals surface area contributed by atoms with Crippen molar-refractivity contribution in [2.24, 2.45) is 11.8 Å². The van der Waals surface area contributed by atoms with Gasteiger partial charge in [0.25, 0.3) is 0 Å². The van der Waals surface area contributed by atoms with Gasteiger partial charge in [-0.25, -0.2) is 0 Å². The second kappa shape index (κ2) is 11.2. The van der Waals surface area contributed by atoms with E-state index in [1.165, 1.54) is 12.8 Å². The van der Waals surface area contributed by atoms with E-state index >= 15 is 0 Å². The number of methoxy groups -OCH3 is 1. The number of benzene rings is 1. The third-order valence-corrected chi connectivity index (χ3v) is 9.80. The minimum atomic E-state index is -1.13. The maximum absolute atomic E-state index is 14.2. The molecule has 5 aliphatic rings. The quantitative estimate of drug-likeness (QED) is 0.483. The molecule has 6 rings (SSSR count). The molecule has 0 unspecified atom stereocenters. The summed E-state index contributed by atoms with van der Waals surface area (Å²) in [6.07, 6.45) is 12.1. The Morgan fingerprint density at radius 1 is 1.02 bits per heavy atom. The number of ether oxygens (including phenoxy) is 2. The predicted molar refractivity (Wildman–Crippen MR) is 151 cm³/mol. The number of hydrogen-bond donors (Lipinski definition) is 2. The smallest absolute Gasteiger partial charge is 0.246 e. The molecular weight excluding hydrogens is 508 g/mol. The molecule has 2 bridgehead atoms. The van der Waals surface area contributed by atoms with Gasteiger partial charge in [0.2, 0.25) is 17.7 Å². The van der Waals surface area contributed by atoms with Crippen LogP contribution in [0.15, 0.2) is 36.4 Å². The zero-order valence-electron chi connectivity index (χ0n) is 23.6. The van der Waals surface area contributed by atoms with Gasteiger partial charge in [-0.1, -0.05) is 37.8 Å². The Balaban J connectivity index is 1.26. The van der Waals surface area contributed by atoms with Crippen LogP contribution in [0.4, 0.5) is 5.69 Å². The number of amides is 3. The van der Waals surface area contributed by atoms with Gasteiger partial charge in [0, 0.05) is 30.9 Å². The van der Waals surface area contributed by atoms with Gasteiger partial charge in [0.1, 0.15) is 17.4 Å². The number of hydrogen-bond acceptors (Lipinski definition) is 6. The van der Waals surface area contributed by atoms with E-state index < -0.39 is 29.6 Å². The van der Waals surface area contributed by atoms with Crippen LogP contribution in [0.25, 0.3) is 0 Å². The van der Waals surface area contributed by atoms with Crippen molar-refractivity contribution < 1.29 is 23.9 Å². The number of nitrogens with zero attached hydrogens (tertiary/aromatic N) is 2. The average Bonchev–Trinajstić information content (AvgIpc) is 3.61. The lowest BCUT2D eigenvalue weighted by molar-refractivity contribution is -0.141. The Hall–Kier alpha value is -2.91. The molecule has 1 spiro atoms. The zero-order chi connectivity index (χ0) is 27.9. The van der Waals surface area contributed by atoms with Crippen LogP contribution < -0.4 is 15.4 Å². The van der Waals surface area contributed by atoms with Crippen molar-refractivity contribution in [3.05, 3.63) is 36.4 Å². The van der Waals surface area contributed by atoms with E-state index in [-0.39, 0.29) is 23.8 Å². The Morgan fingerprint density at radius 2 is 1.77 bits per heavy atom. The molecular formula is C31H42N4O5. The van der Waals surface area contributed by atoms with E-state index in [1.807, 2.05) is 12.2 Å². The standard InChI is InChI=1S/C31H42N4O5/c1-20-8-6-7-17-34(20)18-19-35-27(29(37)33-21-9-4-3-5-10-21)31-16-15-24(40-31)25(26(31)30(35)38)28(36)32-22-11-13-23(39-2)14-12-22/h11-16,20-21,24-27H,3-10,17-19H2,1-2H3,(H,32,36)(H,33,37)/t20-,24+,25-,26+,27+,31+/m1/s1. The van der Waals surface area contributed by atoms with Gasteiger partial charge in [0.05, 0.1) is 25.0 Å². The summed E-state index contributed by atoms with van der Waals surface area (Å²) < 4.78 is 11.7. The summed E-state index contributed by atoms with van der Waals surface area (Å²) in [5.74, 6) is -1.33. The molecule has 216 valence electrons. The third-order valence-electron chi connectivity index (χ3n) is 9.80. The van der Waals surface area contributed by atoms with Gasteiger partial charge in [-0.2, -0.15) is 0 Å². The highest BCUT2D eigenvalue weighted by molar-refractivity contribution is 6.02. The largest absolute Gasteiger partial charge is 0.497 e. The minimum Gasteiger partial charge on any atom is -0.497 e. The van der Waals surface area contributed by atoms with Crippen LogP contribution >= 0.6 is 0 Å². The number of rotatable bonds is 8. The van der Waals surface area contributed by atoms with Gasteiger partial charge >= 0.3 is 0 Å². The normalized spacial score (nSPS) is 33.7. The highest BCUT2D eigenvalue weighted by Crippen LogP contribution is 2.55. The number of fused-ring (bicyclic) bond motifs is 1. The number of nitrogens with one attached hydrogen (secondary N) is 2. The lowest BCUT2D eigenvalue weighted by Crippen LogP contribution is -2.57. The van der Waals surface area contributed by atoms with Gasteiger partial charge in [-0.3, -0.25) is 19.3 Å². The van der Waals surface area contributed by atoms with Crippen LogP contribution in [0.5, 0.6) is 5.75 Å². The molecule has 3 amide bonds. The van der Waals surface area contributed by atoms with E-state index in [9.17, 15) is 14.4 Å². The molecule has 0 aromatic heterocycles. The van der Waals surface area contributed by atoms with E-state index in [0.717, 1.165) is 45.1 Å². The summed E-state index contributed by atoms with van der Waals surface area (Å²) in [5.41, 5.74) is -0.504. The first-order valence-electron chi connectivity index (χ1n) is 15.1. The molecule has 0 radical (unpaired) electrons. The molecule has 4 heterocycles. The van der Waals surface area contributed by atoms with Crippen molar-refractivity contribution in [2.45, 2.75) is 88.1 Å². The molecule has 1 saturated carbocycles. The first-order valence-corrected chi connectivity index (χ1v) is 15.1. The Kier molecular flexibility index (Phi) is 7.61. The van der Waals surface area contributed by atoms with E-state index in [4.69, 9.17) is 9.47 Å². The van der Waals surface area contributed by atoms with Crippen molar-refractivity contribution in [1.82, 2.24) is 15.1 Å². The second-order valence-electron chi connectivity index (χ2n) is 12.2. The van der Waals surface area contributed by atoms with Crippen LogP contribution in [-0.2, 0) is 19.1 Å². The minimum absolute atomic E-state index is 0.118. The maximum atomic E-state index is 14.2. The van der Waals surface area contributed by atoms with Crippen LogP contribution in [0.3, 0.4) is 0 Å². The fourth-order valence-electron chi connectivity index (χ4n) is 7.66. The SMILES string of the molecule is COc1ccc(NC(=O)[C@@H]2[C@@H]3C=C[C@]4(O3)[C@@H]2C(=O)N(CCN2CCCC[C@H]2C)[C@H]4C(=O)NC2CCCCC2)cc1. The topological polar surface area (TPSA) is 100 Å². The van der Waals surface area contributed by atoms with Gasteiger partial charge < -0.3 is 25.0 Å². The second-order valence-corrected chi connectivity index (χ2v) is 12.2. The molecule has 4 aliphatic heterocycles. The number of anilines is 1. The molecule has 4 fully saturated rings. The van der Waals surface area contributed by atoms with Crippen LogP contribution in [0.1, 0.15) is 58.3 Å². The number of carbonyl (C=O) groups is 3. The van der Waals surface area contributed by atoms with Crippen molar-refractivity contribution in [2.75, 3.05) is 32.1 Å². The van der Waals surface area contributed by atoms with Crippen molar-refractivity contribution in [1.29, 1.82) is 0 Å². The Labute approximate surface area is 236 Å². The van der Waals surface area contributed by atoms with Crippen molar-refractivity contribution in [3.8, 4) is 5.75 Å². The number of piperidine rings is 1. The molecule has 2 N–H and O–H groups in total. The van der Waals surface area contributed by atoms with Crippen LogP contribution in [0, 0.1) is 11.8 Å². The summed E-state index contributed by atoms with van der Waals surface area (Å²) in [6, 6.07) is 6.90. The summed E-state index contributed by atoms with van der Waals surface area (Å²) in [4.78, 5) is 46.0. The summed E-state index contributed by atoms with van der Waals surface area (Å²) >= 11 is 0. The van der Waals surface area contributed by atoms with E-state index in [1.54, 1.807) is 36.3 Å². The fraction of sp³-hybridized carbons (Fsp3) is 0.645. The summed E-state index contributed by atoms with van der Waals surface area (Å²) in [7, 11) is 1.59. The first kappa shape index (κ1) is 27.3. The van der Waals surface area contributed by atoms with Gasteiger partial charge in [-0.05, 0) is 63.4 Å². The van der Waals surface area contributed by atoms with Crippen molar-refractivity contribution >= 4 is 23.4 Å². The van der Waals surface area contributed by atoms with Crippen LogP contribution in [-0.4, -0.2) is 84.1 Å². The predicted octanol–water partition coefficient (Wildman–Crippen LogP) is 3.11. The highest BCUT2D eigenvalue weighted by atomic mass is 16.5. The molecule has 40 heavy (non-hydrogen) atoms. The zero-order valence-corrected chi connectivity index (χ0v) is 23.6. The first-order chi connectivity index (χ1) is 19.4. The Morgan fingerprint density at radius 3 is 2.50 bits per heavy atom. The lowest BCUT2D eigenvalue weighted by Gasteiger charge is -2.37.